The van der Waals surface area contributed by atoms with Gasteiger partial charge in [0.25, 0.3) is 0 Å². The Labute approximate surface area is 98.6 Å². The highest BCUT2D eigenvalue weighted by atomic mass is 19.4. The molecule has 0 radical (unpaired) electrons. The fourth-order valence-corrected chi connectivity index (χ4v) is 1.81. The lowest BCUT2D eigenvalue weighted by Crippen LogP contribution is -2.08. The monoisotopic (exact) mass is 244 g/mol. The van der Waals surface area contributed by atoms with Crippen LogP contribution in [0.25, 0.3) is 0 Å². The van der Waals surface area contributed by atoms with Gasteiger partial charge in [0.05, 0.1) is 5.56 Å². The van der Waals surface area contributed by atoms with Crippen molar-refractivity contribution in [3.05, 3.63) is 35.4 Å². The van der Waals surface area contributed by atoms with E-state index in [-0.39, 0.29) is 18.1 Å². The summed E-state index contributed by atoms with van der Waals surface area (Å²) < 4.78 is 37.6. The zero-order chi connectivity index (χ0) is 13.1. The van der Waals surface area contributed by atoms with Gasteiger partial charge < -0.3 is 4.79 Å². The first kappa shape index (κ1) is 13.7. The van der Waals surface area contributed by atoms with Gasteiger partial charge in [-0.2, -0.15) is 13.2 Å². The van der Waals surface area contributed by atoms with E-state index in [2.05, 4.69) is 0 Å². The molecule has 0 spiro atoms. The number of rotatable bonds is 4. The van der Waals surface area contributed by atoms with Crippen molar-refractivity contribution in [2.24, 2.45) is 0 Å². The van der Waals surface area contributed by atoms with Crippen molar-refractivity contribution in [2.75, 3.05) is 0 Å². The van der Waals surface area contributed by atoms with E-state index in [1.165, 1.54) is 13.0 Å². The van der Waals surface area contributed by atoms with Gasteiger partial charge >= 0.3 is 6.18 Å². The van der Waals surface area contributed by atoms with Crippen LogP contribution in [-0.4, -0.2) is 5.78 Å². The molecular weight excluding hydrogens is 229 g/mol. The maximum absolute atomic E-state index is 12.5. The lowest BCUT2D eigenvalue weighted by atomic mass is 9.90. The second kappa shape index (κ2) is 5.34. The first-order valence-corrected chi connectivity index (χ1v) is 5.51. The molecule has 1 aromatic rings. The summed E-state index contributed by atoms with van der Waals surface area (Å²) in [6.07, 6.45) is -3.39. The van der Waals surface area contributed by atoms with Gasteiger partial charge in [0.1, 0.15) is 5.78 Å². The number of alkyl halides is 3. The molecule has 1 rings (SSSR count). The summed E-state index contributed by atoms with van der Waals surface area (Å²) in [5, 5.41) is 0. The molecule has 0 heterocycles. The van der Waals surface area contributed by atoms with Gasteiger partial charge in [-0.1, -0.05) is 25.1 Å². The van der Waals surface area contributed by atoms with Crippen LogP contribution in [0.1, 0.15) is 43.7 Å². The van der Waals surface area contributed by atoms with Gasteiger partial charge in [-0.25, -0.2) is 0 Å². The number of hydrogen-bond donors (Lipinski definition) is 0. The van der Waals surface area contributed by atoms with Crippen molar-refractivity contribution in [3.63, 3.8) is 0 Å². The van der Waals surface area contributed by atoms with Crippen LogP contribution in [0.4, 0.5) is 13.2 Å². The topological polar surface area (TPSA) is 17.1 Å². The van der Waals surface area contributed by atoms with Crippen molar-refractivity contribution < 1.29 is 18.0 Å². The Balaban J connectivity index is 3.01. The molecular formula is C13H15F3O. The summed E-state index contributed by atoms with van der Waals surface area (Å²) in [7, 11) is 0. The quantitative estimate of drug-likeness (QED) is 0.776. The highest BCUT2D eigenvalue weighted by molar-refractivity contribution is 5.76. The molecule has 0 aliphatic carbocycles. The van der Waals surface area contributed by atoms with Gasteiger partial charge in [-0.15, -0.1) is 0 Å². The Kier molecular flexibility index (Phi) is 4.32. The fraction of sp³-hybridized carbons (Fsp3) is 0.462. The average Bonchev–Trinajstić information content (AvgIpc) is 2.24. The maximum atomic E-state index is 12.5. The Morgan fingerprint density at radius 3 is 2.47 bits per heavy atom. The van der Waals surface area contributed by atoms with Gasteiger partial charge in [-0.3, -0.25) is 0 Å². The number of Topliss-reactive ketones (excluding diaryl/α,β-unsaturated/α-hetero) is 1. The Morgan fingerprint density at radius 2 is 2.00 bits per heavy atom. The van der Waals surface area contributed by atoms with Crippen molar-refractivity contribution >= 4 is 5.78 Å². The van der Waals surface area contributed by atoms with E-state index in [1.54, 1.807) is 6.07 Å². The molecule has 0 aliphatic heterocycles. The molecule has 0 fully saturated rings. The first-order chi connectivity index (χ1) is 7.84. The van der Waals surface area contributed by atoms with Crippen molar-refractivity contribution in [2.45, 2.75) is 38.8 Å². The SMILES string of the molecule is CC[C@H](CC(C)=O)c1cccc(C(F)(F)F)c1. The molecule has 0 N–H and O–H groups in total. The fourth-order valence-electron chi connectivity index (χ4n) is 1.81. The third-order valence-electron chi connectivity index (χ3n) is 2.71. The third kappa shape index (κ3) is 3.88. The molecule has 0 saturated carbocycles. The van der Waals surface area contributed by atoms with E-state index in [0.717, 1.165) is 12.1 Å². The second-order valence-electron chi connectivity index (χ2n) is 4.13. The molecule has 0 amide bonds. The molecule has 4 heteroatoms. The zero-order valence-corrected chi connectivity index (χ0v) is 9.84. The zero-order valence-electron chi connectivity index (χ0n) is 9.84. The predicted octanol–water partition coefficient (Wildman–Crippen LogP) is 4.18. The van der Waals surface area contributed by atoms with Gasteiger partial charge in [0.2, 0.25) is 0 Å². The average molecular weight is 244 g/mol. The van der Waals surface area contributed by atoms with Crippen molar-refractivity contribution in [3.8, 4) is 0 Å². The van der Waals surface area contributed by atoms with Crippen LogP contribution < -0.4 is 0 Å². The van der Waals surface area contributed by atoms with E-state index >= 15 is 0 Å². The van der Waals surface area contributed by atoms with Crippen LogP contribution in [0.2, 0.25) is 0 Å². The number of benzene rings is 1. The van der Waals surface area contributed by atoms with Crippen LogP contribution >= 0.6 is 0 Å². The second-order valence-corrected chi connectivity index (χ2v) is 4.13. The number of carbonyl (C=O) groups excluding carboxylic acids is 1. The normalized spacial score (nSPS) is 13.5. The lowest BCUT2D eigenvalue weighted by Gasteiger charge is -2.15. The molecule has 1 atom stereocenters. The molecule has 0 aromatic heterocycles. The molecule has 0 unspecified atom stereocenters. The highest BCUT2D eigenvalue weighted by Gasteiger charge is 2.30. The summed E-state index contributed by atoms with van der Waals surface area (Å²) in [6, 6.07) is 5.22. The Morgan fingerprint density at radius 1 is 1.35 bits per heavy atom. The van der Waals surface area contributed by atoms with Gasteiger partial charge in [0, 0.05) is 6.42 Å². The highest BCUT2D eigenvalue weighted by Crippen LogP contribution is 2.32. The maximum Gasteiger partial charge on any atom is 0.416 e. The summed E-state index contributed by atoms with van der Waals surface area (Å²) in [6.45, 7) is 3.32. The molecule has 94 valence electrons. The number of carbonyl (C=O) groups is 1. The summed E-state index contributed by atoms with van der Waals surface area (Å²) in [5.74, 6) is -0.135. The van der Waals surface area contributed by atoms with E-state index in [1.807, 2.05) is 6.92 Å². The van der Waals surface area contributed by atoms with Crippen molar-refractivity contribution in [1.82, 2.24) is 0 Å². The van der Waals surface area contributed by atoms with Crippen LogP contribution in [0.5, 0.6) is 0 Å². The number of hydrogen-bond acceptors (Lipinski definition) is 1. The summed E-state index contributed by atoms with van der Waals surface area (Å²) >= 11 is 0. The third-order valence-corrected chi connectivity index (χ3v) is 2.71. The Bertz CT molecular complexity index is 396. The summed E-state index contributed by atoms with van der Waals surface area (Å²) in [4.78, 5) is 11.0. The molecule has 1 aromatic carbocycles. The van der Waals surface area contributed by atoms with Gasteiger partial charge in [0.15, 0.2) is 0 Å². The van der Waals surface area contributed by atoms with Crippen LogP contribution in [0, 0.1) is 0 Å². The standard InChI is InChI=1S/C13H15F3O/c1-3-10(7-9(2)17)11-5-4-6-12(8-11)13(14,15)16/h4-6,8,10H,3,7H2,1-2H3/t10-/m1/s1. The van der Waals surface area contributed by atoms with Crippen molar-refractivity contribution in [1.29, 1.82) is 0 Å². The molecule has 0 saturated heterocycles. The van der Waals surface area contributed by atoms with E-state index in [9.17, 15) is 18.0 Å². The van der Waals surface area contributed by atoms with Crippen LogP contribution in [-0.2, 0) is 11.0 Å². The Hall–Kier alpha value is -1.32. The largest absolute Gasteiger partial charge is 0.416 e. The van der Waals surface area contributed by atoms with Crippen LogP contribution in [0.3, 0.4) is 0 Å². The molecule has 0 aliphatic rings. The predicted molar refractivity (Wildman–Crippen MR) is 59.8 cm³/mol. The van der Waals surface area contributed by atoms with Crippen LogP contribution in [0.15, 0.2) is 24.3 Å². The van der Waals surface area contributed by atoms with E-state index in [4.69, 9.17) is 0 Å². The molecule has 17 heavy (non-hydrogen) atoms. The summed E-state index contributed by atoms with van der Waals surface area (Å²) in [5.41, 5.74) is -0.0745. The minimum atomic E-state index is -4.33. The van der Waals surface area contributed by atoms with E-state index in [0.29, 0.717) is 12.0 Å². The van der Waals surface area contributed by atoms with Gasteiger partial charge in [-0.05, 0) is 30.9 Å². The molecule has 0 bridgehead atoms. The molecule has 1 nitrogen and oxygen atoms in total. The lowest BCUT2D eigenvalue weighted by molar-refractivity contribution is -0.137. The first-order valence-electron chi connectivity index (χ1n) is 5.51. The number of ketones is 1. The smallest absolute Gasteiger partial charge is 0.300 e. The minimum absolute atomic E-state index is 0.00531. The minimum Gasteiger partial charge on any atom is -0.300 e. The van der Waals surface area contributed by atoms with E-state index < -0.39 is 11.7 Å². The number of halogens is 3.